The molecule has 4 rings (SSSR count). The van der Waals surface area contributed by atoms with E-state index in [1.807, 2.05) is 12.3 Å². The van der Waals surface area contributed by atoms with Gasteiger partial charge in [-0.25, -0.2) is 4.39 Å². The lowest BCUT2D eigenvalue weighted by Crippen LogP contribution is -2.17. The number of hydrogen-bond donors (Lipinski definition) is 0. The van der Waals surface area contributed by atoms with Crippen LogP contribution in [-0.4, -0.2) is 21.4 Å². The molecule has 0 N–H and O–H groups in total. The predicted octanol–water partition coefficient (Wildman–Crippen LogP) is 2.12. The summed E-state index contributed by atoms with van der Waals surface area (Å²) in [4.78, 5) is 12.4. The number of fused-ring (bicyclic) bond motifs is 1. The van der Waals surface area contributed by atoms with E-state index in [0.29, 0.717) is 11.3 Å². The monoisotopic (exact) mass is 353 g/mol. The van der Waals surface area contributed by atoms with Crippen LogP contribution < -0.4 is 15.5 Å². The highest BCUT2D eigenvalue weighted by molar-refractivity contribution is 6.32. The highest BCUT2D eigenvalue weighted by Crippen LogP contribution is 2.35. The van der Waals surface area contributed by atoms with E-state index in [4.69, 9.17) is 4.74 Å². The summed E-state index contributed by atoms with van der Waals surface area (Å²) >= 11 is 0. The van der Waals surface area contributed by atoms with Gasteiger partial charge in [-0.1, -0.05) is 23.4 Å². The minimum absolute atomic E-state index is 0.194. The lowest BCUT2D eigenvalue weighted by atomic mass is 9.99. The van der Waals surface area contributed by atoms with Gasteiger partial charge in [0.05, 0.1) is 12.0 Å². The molecule has 3 aromatic rings. The number of nitrogens with zero attached hydrogens (tertiary/aromatic N) is 1. The second-order valence-corrected chi connectivity index (χ2v) is 8.06. The standard InChI is InChI=1S/C20H20FNO2Si/c1-22-10-18(15-6-4-13(21)8-17(15)20(22)23)16-9-14(25)5-7-19(16)24-11-12-2-3-12/h4-10,12H,2-3,11H2,1,25H3. The van der Waals surface area contributed by atoms with Crippen molar-refractivity contribution in [1.82, 2.24) is 4.57 Å². The zero-order valence-corrected chi connectivity index (χ0v) is 16.4. The van der Waals surface area contributed by atoms with Gasteiger partial charge in [-0.2, -0.15) is 0 Å². The van der Waals surface area contributed by atoms with Gasteiger partial charge >= 0.3 is 0 Å². The molecule has 5 heteroatoms. The zero-order chi connectivity index (χ0) is 17.6. The van der Waals surface area contributed by atoms with Crippen molar-refractivity contribution in [1.29, 1.82) is 0 Å². The maximum absolute atomic E-state index is 13.7. The molecule has 128 valence electrons. The van der Waals surface area contributed by atoms with E-state index in [2.05, 4.69) is 12.1 Å². The molecule has 3 nitrogen and oxygen atoms in total. The van der Waals surface area contributed by atoms with Gasteiger partial charge in [-0.05, 0) is 42.3 Å². The average molecular weight is 353 g/mol. The van der Waals surface area contributed by atoms with Crippen molar-refractivity contribution in [2.45, 2.75) is 12.8 Å². The van der Waals surface area contributed by atoms with Crippen molar-refractivity contribution in [2.75, 3.05) is 6.61 Å². The molecule has 0 aliphatic heterocycles. The van der Waals surface area contributed by atoms with Crippen molar-refractivity contribution >= 4 is 26.2 Å². The number of hydrogen-bond acceptors (Lipinski definition) is 2. The van der Waals surface area contributed by atoms with Crippen LogP contribution in [0.1, 0.15) is 12.8 Å². The smallest absolute Gasteiger partial charge is 0.258 e. The number of pyridine rings is 1. The van der Waals surface area contributed by atoms with Crippen molar-refractivity contribution in [3.8, 4) is 16.9 Å². The lowest BCUT2D eigenvalue weighted by molar-refractivity contribution is 0.301. The molecule has 1 saturated carbocycles. The molecule has 1 aliphatic carbocycles. The topological polar surface area (TPSA) is 31.2 Å². The lowest BCUT2D eigenvalue weighted by Gasteiger charge is -2.15. The second kappa shape index (κ2) is 6.15. The molecule has 0 amide bonds. The third-order valence-electron chi connectivity index (χ3n) is 4.74. The third kappa shape index (κ3) is 3.12. The summed E-state index contributed by atoms with van der Waals surface area (Å²) in [5.74, 6) is 1.09. The number of aromatic nitrogens is 1. The van der Waals surface area contributed by atoms with Crippen LogP contribution in [0, 0.1) is 11.7 Å². The first kappa shape index (κ1) is 16.1. The van der Waals surface area contributed by atoms with Crippen LogP contribution >= 0.6 is 0 Å². The first-order valence-corrected chi connectivity index (χ1v) is 9.55. The number of rotatable bonds is 4. The highest BCUT2D eigenvalue weighted by atomic mass is 28.1. The number of ether oxygens (including phenoxy) is 1. The van der Waals surface area contributed by atoms with Crippen LogP contribution in [-0.2, 0) is 7.05 Å². The molecule has 25 heavy (non-hydrogen) atoms. The molecule has 1 fully saturated rings. The predicted molar refractivity (Wildman–Crippen MR) is 102 cm³/mol. The van der Waals surface area contributed by atoms with Crippen molar-refractivity contribution < 1.29 is 9.13 Å². The van der Waals surface area contributed by atoms with Crippen LogP contribution in [0.2, 0.25) is 0 Å². The van der Waals surface area contributed by atoms with Crippen LogP contribution in [0.25, 0.3) is 21.9 Å². The Hall–Kier alpha value is -2.40. The molecule has 1 heterocycles. The highest BCUT2D eigenvalue weighted by Gasteiger charge is 2.23. The van der Waals surface area contributed by atoms with Gasteiger partial charge in [0, 0.05) is 34.6 Å². The molecular formula is C20H20FNO2Si. The fraction of sp³-hybridized carbons (Fsp3) is 0.250. The number of halogens is 1. The molecule has 1 aromatic heterocycles. The summed E-state index contributed by atoms with van der Waals surface area (Å²) in [6, 6.07) is 10.6. The van der Waals surface area contributed by atoms with Gasteiger partial charge in [-0.15, -0.1) is 0 Å². The van der Waals surface area contributed by atoms with E-state index in [9.17, 15) is 9.18 Å². The SMILES string of the molecule is Cn1cc(-c2cc([SiH3])ccc2OCC2CC2)c2ccc(F)cc2c1=O. The summed E-state index contributed by atoms with van der Waals surface area (Å²) in [7, 11) is 2.63. The molecule has 0 bridgehead atoms. The quantitative estimate of drug-likeness (QED) is 0.673. The molecule has 0 spiro atoms. The Balaban J connectivity index is 1.93. The van der Waals surface area contributed by atoms with E-state index in [1.54, 1.807) is 13.1 Å². The molecule has 0 radical (unpaired) electrons. The molecule has 1 aliphatic rings. The van der Waals surface area contributed by atoms with Crippen LogP contribution in [0.3, 0.4) is 0 Å². The second-order valence-electron chi connectivity index (χ2n) is 6.90. The van der Waals surface area contributed by atoms with Crippen LogP contribution in [0.4, 0.5) is 4.39 Å². The zero-order valence-electron chi connectivity index (χ0n) is 14.4. The van der Waals surface area contributed by atoms with E-state index >= 15 is 0 Å². The first-order valence-electron chi connectivity index (χ1n) is 8.55. The van der Waals surface area contributed by atoms with Gasteiger partial charge in [0.25, 0.3) is 5.56 Å². The Kier molecular flexibility index (Phi) is 3.96. The molecule has 0 atom stereocenters. The summed E-state index contributed by atoms with van der Waals surface area (Å²) in [6.45, 7) is 0.728. The van der Waals surface area contributed by atoms with E-state index in [0.717, 1.165) is 39.1 Å². The van der Waals surface area contributed by atoms with E-state index < -0.39 is 5.82 Å². The van der Waals surface area contributed by atoms with Gasteiger partial charge in [0.15, 0.2) is 0 Å². The minimum atomic E-state index is -0.399. The normalized spacial score (nSPS) is 14.2. The maximum atomic E-state index is 13.7. The first-order chi connectivity index (χ1) is 12.0. The number of benzene rings is 2. The Morgan fingerprint density at radius 2 is 1.96 bits per heavy atom. The van der Waals surface area contributed by atoms with E-state index in [-0.39, 0.29) is 5.56 Å². The van der Waals surface area contributed by atoms with E-state index in [1.165, 1.54) is 34.7 Å². The Bertz CT molecular complexity index is 1020. The van der Waals surface area contributed by atoms with Crippen molar-refractivity contribution in [3.63, 3.8) is 0 Å². The van der Waals surface area contributed by atoms with Gasteiger partial charge in [0.1, 0.15) is 11.6 Å². The summed E-state index contributed by atoms with van der Waals surface area (Å²) in [5.41, 5.74) is 1.68. The Morgan fingerprint density at radius 3 is 2.72 bits per heavy atom. The van der Waals surface area contributed by atoms with Crippen molar-refractivity contribution in [3.05, 3.63) is 58.8 Å². The fourth-order valence-corrected chi connectivity index (χ4v) is 3.58. The fourth-order valence-electron chi connectivity index (χ4n) is 3.13. The molecule has 0 saturated heterocycles. The van der Waals surface area contributed by atoms with Gasteiger partial charge < -0.3 is 9.30 Å². The largest absolute Gasteiger partial charge is 0.493 e. The van der Waals surface area contributed by atoms with Crippen LogP contribution in [0.5, 0.6) is 5.75 Å². The number of aryl methyl sites for hydroxylation is 1. The van der Waals surface area contributed by atoms with Gasteiger partial charge in [0.2, 0.25) is 0 Å². The molecule has 2 aromatic carbocycles. The third-order valence-corrected chi connectivity index (χ3v) is 5.36. The minimum Gasteiger partial charge on any atom is -0.493 e. The molecular weight excluding hydrogens is 333 g/mol. The van der Waals surface area contributed by atoms with Gasteiger partial charge in [-0.3, -0.25) is 4.79 Å². The average Bonchev–Trinajstić information content (AvgIpc) is 3.41. The summed E-state index contributed by atoms with van der Waals surface area (Å²) in [5, 5.41) is 2.40. The summed E-state index contributed by atoms with van der Waals surface area (Å²) in [6.07, 6.45) is 4.29. The Morgan fingerprint density at radius 1 is 1.16 bits per heavy atom. The maximum Gasteiger partial charge on any atom is 0.258 e. The van der Waals surface area contributed by atoms with Crippen molar-refractivity contribution in [2.24, 2.45) is 13.0 Å². The molecule has 0 unspecified atom stereocenters. The van der Waals surface area contributed by atoms with Crippen LogP contribution in [0.15, 0.2) is 47.4 Å². The Labute approximate surface area is 148 Å². The summed E-state index contributed by atoms with van der Waals surface area (Å²) < 4.78 is 21.3.